The molecule has 4 rings (SSSR count). The van der Waals surface area contributed by atoms with Gasteiger partial charge in [0.25, 0.3) is 0 Å². The number of para-hydroxylation sites is 2. The van der Waals surface area contributed by atoms with Crippen LogP contribution in [-0.2, 0) is 4.79 Å². The lowest BCUT2D eigenvalue weighted by Crippen LogP contribution is -2.47. The van der Waals surface area contributed by atoms with Crippen LogP contribution in [0.2, 0.25) is 0 Å². The summed E-state index contributed by atoms with van der Waals surface area (Å²) in [6, 6.07) is 14.7. The molecule has 0 bridgehead atoms. The Morgan fingerprint density at radius 2 is 1.89 bits per heavy atom. The number of ether oxygens (including phenoxy) is 2. The predicted molar refractivity (Wildman–Crippen MR) is 105 cm³/mol. The Bertz CT molecular complexity index is 868. The Balaban J connectivity index is 1.25. The molecule has 0 radical (unpaired) electrons. The number of hydrogen-bond acceptors (Lipinski definition) is 4. The van der Waals surface area contributed by atoms with Gasteiger partial charge in [0.2, 0.25) is 5.91 Å². The fourth-order valence-electron chi connectivity index (χ4n) is 3.39. The van der Waals surface area contributed by atoms with E-state index in [0.29, 0.717) is 31.2 Å². The normalized spacial score (nSPS) is 20.8. The summed E-state index contributed by atoms with van der Waals surface area (Å²) in [5.41, 5.74) is 1.99. The first-order chi connectivity index (χ1) is 13.6. The van der Waals surface area contributed by atoms with Crippen LogP contribution in [0.5, 0.6) is 11.5 Å². The Morgan fingerprint density at radius 1 is 1.14 bits per heavy atom. The van der Waals surface area contributed by atoms with Gasteiger partial charge in [0.05, 0.1) is 12.6 Å². The van der Waals surface area contributed by atoms with Crippen molar-refractivity contribution in [1.29, 1.82) is 0 Å². The minimum atomic E-state index is -0.314. The topological polar surface area (TPSA) is 79.9 Å². The molecule has 2 heterocycles. The number of rotatable bonds is 4. The molecule has 2 N–H and O–H groups in total. The maximum atomic E-state index is 12.3. The number of hydrogen-bond donors (Lipinski definition) is 2. The van der Waals surface area contributed by atoms with Crippen LogP contribution in [0.1, 0.15) is 12.0 Å². The van der Waals surface area contributed by atoms with E-state index < -0.39 is 0 Å². The zero-order valence-electron chi connectivity index (χ0n) is 15.7. The van der Waals surface area contributed by atoms with Gasteiger partial charge in [-0.1, -0.05) is 29.8 Å². The Morgan fingerprint density at radius 3 is 2.68 bits per heavy atom. The summed E-state index contributed by atoms with van der Waals surface area (Å²) in [5.74, 6) is 1.40. The van der Waals surface area contributed by atoms with Crippen LogP contribution in [0, 0.1) is 6.92 Å². The predicted octanol–water partition coefficient (Wildman–Crippen LogP) is 2.24. The smallest absolute Gasteiger partial charge is 0.315 e. The molecule has 0 aromatic heterocycles. The van der Waals surface area contributed by atoms with Crippen molar-refractivity contribution in [3.05, 3.63) is 54.1 Å². The average Bonchev–Trinajstić information content (AvgIpc) is 3.06. The first-order valence-electron chi connectivity index (χ1n) is 9.38. The van der Waals surface area contributed by atoms with Crippen LogP contribution >= 0.6 is 0 Å². The zero-order valence-corrected chi connectivity index (χ0v) is 15.7. The second-order valence-electron chi connectivity index (χ2n) is 7.09. The highest BCUT2D eigenvalue weighted by Gasteiger charge is 2.31. The van der Waals surface area contributed by atoms with Crippen LogP contribution in [-0.4, -0.2) is 43.8 Å². The first-order valence-corrected chi connectivity index (χ1v) is 9.38. The van der Waals surface area contributed by atoms with Crippen LogP contribution in [0.3, 0.4) is 0 Å². The van der Waals surface area contributed by atoms with E-state index in [4.69, 9.17) is 9.47 Å². The molecule has 2 aromatic rings. The van der Waals surface area contributed by atoms with Gasteiger partial charge in [-0.25, -0.2) is 4.79 Å². The average molecular weight is 381 g/mol. The molecule has 0 unspecified atom stereocenters. The van der Waals surface area contributed by atoms with E-state index in [1.807, 2.05) is 55.5 Å². The van der Waals surface area contributed by atoms with Gasteiger partial charge < -0.3 is 25.0 Å². The van der Waals surface area contributed by atoms with Crippen molar-refractivity contribution in [3.63, 3.8) is 0 Å². The lowest BCUT2D eigenvalue weighted by molar-refractivity contribution is -0.117. The summed E-state index contributed by atoms with van der Waals surface area (Å²) in [6.07, 6.45) is 0.0347. The van der Waals surface area contributed by atoms with E-state index in [1.165, 1.54) is 0 Å². The molecule has 2 aromatic carbocycles. The third-order valence-corrected chi connectivity index (χ3v) is 4.86. The summed E-state index contributed by atoms with van der Waals surface area (Å²) in [5, 5.41) is 5.67. The fourth-order valence-corrected chi connectivity index (χ4v) is 3.39. The number of benzene rings is 2. The highest BCUT2D eigenvalue weighted by molar-refractivity contribution is 5.96. The number of fused-ring (bicyclic) bond motifs is 1. The number of urea groups is 1. The fraction of sp³-hybridized carbons (Fsp3) is 0.333. The molecule has 7 heteroatoms. The third kappa shape index (κ3) is 4.03. The molecule has 2 aliphatic rings. The van der Waals surface area contributed by atoms with Gasteiger partial charge in [-0.05, 0) is 31.2 Å². The lowest BCUT2D eigenvalue weighted by atomic mass is 10.2. The van der Waals surface area contributed by atoms with Crippen molar-refractivity contribution in [2.24, 2.45) is 0 Å². The van der Waals surface area contributed by atoms with E-state index in [0.717, 1.165) is 11.3 Å². The molecule has 2 atom stereocenters. The molecule has 0 aliphatic carbocycles. The van der Waals surface area contributed by atoms with Crippen LogP contribution in [0.25, 0.3) is 0 Å². The summed E-state index contributed by atoms with van der Waals surface area (Å²) in [4.78, 5) is 26.2. The number of amides is 3. The Kier molecular flexibility index (Phi) is 5.06. The summed E-state index contributed by atoms with van der Waals surface area (Å²) in [6.45, 7) is 3.17. The van der Waals surface area contributed by atoms with Crippen molar-refractivity contribution >= 4 is 17.6 Å². The van der Waals surface area contributed by atoms with E-state index in [1.54, 1.807) is 4.90 Å². The summed E-state index contributed by atoms with van der Waals surface area (Å²) in [7, 11) is 0. The molecule has 7 nitrogen and oxygen atoms in total. The summed E-state index contributed by atoms with van der Waals surface area (Å²) < 4.78 is 11.5. The molecule has 0 saturated carbocycles. The van der Waals surface area contributed by atoms with Gasteiger partial charge in [-0.15, -0.1) is 0 Å². The van der Waals surface area contributed by atoms with Gasteiger partial charge in [0.15, 0.2) is 17.6 Å². The highest BCUT2D eigenvalue weighted by atomic mass is 16.6. The van der Waals surface area contributed by atoms with Crippen molar-refractivity contribution < 1.29 is 19.1 Å². The molecule has 3 amide bonds. The number of aryl methyl sites for hydroxylation is 1. The number of nitrogens with one attached hydrogen (secondary N) is 2. The van der Waals surface area contributed by atoms with Gasteiger partial charge in [0.1, 0.15) is 6.61 Å². The number of carbonyl (C=O) groups excluding carboxylic acids is 2. The van der Waals surface area contributed by atoms with E-state index in [9.17, 15) is 9.59 Å². The second-order valence-corrected chi connectivity index (χ2v) is 7.09. The van der Waals surface area contributed by atoms with Crippen LogP contribution < -0.4 is 25.0 Å². The maximum absolute atomic E-state index is 12.3. The quantitative estimate of drug-likeness (QED) is 0.851. The molecule has 1 saturated heterocycles. The van der Waals surface area contributed by atoms with E-state index >= 15 is 0 Å². The number of nitrogens with zero attached hydrogens (tertiary/aromatic N) is 1. The molecule has 28 heavy (non-hydrogen) atoms. The van der Waals surface area contributed by atoms with Gasteiger partial charge in [-0.3, -0.25) is 4.79 Å². The second kappa shape index (κ2) is 7.80. The molecule has 1 fully saturated rings. The monoisotopic (exact) mass is 381 g/mol. The van der Waals surface area contributed by atoms with E-state index in [2.05, 4.69) is 10.6 Å². The van der Waals surface area contributed by atoms with Crippen LogP contribution in [0.15, 0.2) is 48.5 Å². The van der Waals surface area contributed by atoms with Crippen molar-refractivity contribution in [3.8, 4) is 11.5 Å². The van der Waals surface area contributed by atoms with Gasteiger partial charge >= 0.3 is 6.03 Å². The Labute approximate surface area is 163 Å². The van der Waals surface area contributed by atoms with Crippen molar-refractivity contribution in [2.75, 3.05) is 24.6 Å². The van der Waals surface area contributed by atoms with Crippen molar-refractivity contribution in [2.45, 2.75) is 25.5 Å². The SMILES string of the molecule is Cc1ccc(N2C[C@@H](NC(=O)NC[C@@H]3COc4ccccc4O3)CC2=O)cc1. The standard InChI is InChI=1S/C21H23N3O4/c1-14-6-8-16(9-7-14)24-12-15(10-20(24)25)23-21(26)22-11-17-13-27-18-4-2-3-5-19(18)28-17/h2-9,15,17H,10-13H2,1H3,(H2,22,23,26)/t15-,17+/m0/s1. The number of anilines is 1. The number of carbonyl (C=O) groups is 2. The lowest BCUT2D eigenvalue weighted by Gasteiger charge is -2.26. The Hall–Kier alpha value is -3.22. The molecular weight excluding hydrogens is 358 g/mol. The molecule has 146 valence electrons. The maximum Gasteiger partial charge on any atom is 0.315 e. The van der Waals surface area contributed by atoms with Crippen LogP contribution in [0.4, 0.5) is 10.5 Å². The van der Waals surface area contributed by atoms with Crippen molar-refractivity contribution in [1.82, 2.24) is 10.6 Å². The molecule has 2 aliphatic heterocycles. The van der Waals surface area contributed by atoms with E-state index in [-0.39, 0.29) is 30.5 Å². The molecule has 0 spiro atoms. The minimum Gasteiger partial charge on any atom is -0.486 e. The largest absolute Gasteiger partial charge is 0.486 e. The highest BCUT2D eigenvalue weighted by Crippen LogP contribution is 2.30. The minimum absolute atomic E-state index is 0.00905. The third-order valence-electron chi connectivity index (χ3n) is 4.86. The zero-order chi connectivity index (χ0) is 19.5. The van der Waals surface area contributed by atoms with Gasteiger partial charge in [0, 0.05) is 18.7 Å². The van der Waals surface area contributed by atoms with Gasteiger partial charge in [-0.2, -0.15) is 0 Å². The molecular formula is C21H23N3O4. The first kappa shape index (κ1) is 18.2. The summed E-state index contributed by atoms with van der Waals surface area (Å²) >= 11 is 0.